The van der Waals surface area contributed by atoms with Crippen LogP contribution >= 0.6 is 0 Å². The molecule has 156 valence electrons. The number of benzene rings is 2. The number of ketones is 1. The molecule has 0 saturated carbocycles. The maximum Gasteiger partial charge on any atom is 0.232 e. The van der Waals surface area contributed by atoms with E-state index in [2.05, 4.69) is 9.88 Å². The number of hydrogen-bond acceptors (Lipinski definition) is 6. The second-order valence-corrected chi connectivity index (χ2v) is 7.70. The van der Waals surface area contributed by atoms with E-state index < -0.39 is 0 Å². The summed E-state index contributed by atoms with van der Waals surface area (Å²) in [4.78, 5) is 19.3. The molecule has 0 N–H and O–H groups in total. The van der Waals surface area contributed by atoms with Crippen molar-refractivity contribution in [3.05, 3.63) is 88.4 Å². The van der Waals surface area contributed by atoms with Crippen molar-refractivity contribution in [1.29, 1.82) is 0 Å². The monoisotopic (exact) mass is 414 g/mol. The molecule has 2 aromatic carbocycles. The number of pyridine rings is 1. The predicted molar refractivity (Wildman–Crippen MR) is 116 cm³/mol. The predicted octanol–water partition coefficient (Wildman–Crippen LogP) is 4.37. The summed E-state index contributed by atoms with van der Waals surface area (Å²) in [6.45, 7) is 3.76. The molecule has 6 nitrogen and oxygen atoms in total. The number of ether oxygens (including phenoxy) is 3. The Kier molecular flexibility index (Phi) is 4.92. The van der Waals surface area contributed by atoms with E-state index in [9.17, 15) is 4.79 Å². The molecule has 6 heteroatoms. The van der Waals surface area contributed by atoms with Crippen LogP contribution in [0.4, 0.5) is 0 Å². The zero-order valence-electron chi connectivity index (χ0n) is 17.4. The summed E-state index contributed by atoms with van der Waals surface area (Å²) in [5.41, 5.74) is 4.42. The number of rotatable bonds is 4. The summed E-state index contributed by atoms with van der Waals surface area (Å²) >= 11 is 0. The quantitative estimate of drug-likeness (QED) is 0.591. The van der Waals surface area contributed by atoms with E-state index in [1.54, 1.807) is 25.6 Å². The Labute approximate surface area is 180 Å². The van der Waals surface area contributed by atoms with E-state index in [1.807, 2.05) is 49.4 Å². The molecule has 0 spiro atoms. The number of allylic oxidation sites excluding steroid dienone is 1. The summed E-state index contributed by atoms with van der Waals surface area (Å²) in [6.07, 6.45) is 5.14. The number of aromatic nitrogens is 1. The molecule has 3 heterocycles. The van der Waals surface area contributed by atoms with Crippen LogP contribution in [-0.2, 0) is 13.1 Å². The SMILES string of the molecule is COc1ccc(CN2COc3cc(C)c4c(c3C2)O/C(=C\c2ccncc2)C4=O)cc1. The van der Waals surface area contributed by atoms with E-state index in [-0.39, 0.29) is 5.78 Å². The summed E-state index contributed by atoms with van der Waals surface area (Å²) in [6, 6.07) is 13.6. The van der Waals surface area contributed by atoms with Gasteiger partial charge in [-0.15, -0.1) is 0 Å². The lowest BCUT2D eigenvalue weighted by molar-refractivity contribution is 0.0872. The molecule has 2 aliphatic heterocycles. The van der Waals surface area contributed by atoms with E-state index in [0.717, 1.165) is 40.3 Å². The first-order chi connectivity index (χ1) is 15.1. The van der Waals surface area contributed by atoms with Crippen LogP contribution < -0.4 is 14.2 Å². The molecular formula is C25H22N2O4. The van der Waals surface area contributed by atoms with Crippen LogP contribution in [0.15, 0.2) is 60.6 Å². The number of hydrogen-bond donors (Lipinski definition) is 0. The molecule has 0 aliphatic carbocycles. The Hall–Kier alpha value is -3.64. The zero-order chi connectivity index (χ0) is 21.4. The molecule has 0 saturated heterocycles. The molecule has 1 aromatic heterocycles. The molecule has 2 aliphatic rings. The van der Waals surface area contributed by atoms with Crippen molar-refractivity contribution in [3.63, 3.8) is 0 Å². The number of methoxy groups -OCH3 is 1. The maximum atomic E-state index is 13.1. The van der Waals surface area contributed by atoms with Gasteiger partial charge in [0.15, 0.2) is 5.76 Å². The lowest BCUT2D eigenvalue weighted by atomic mass is 9.98. The average Bonchev–Trinajstić information content (AvgIpc) is 3.12. The summed E-state index contributed by atoms with van der Waals surface area (Å²) < 4.78 is 17.4. The van der Waals surface area contributed by atoms with Crippen molar-refractivity contribution in [2.45, 2.75) is 20.0 Å². The first-order valence-electron chi connectivity index (χ1n) is 10.1. The Bertz CT molecular complexity index is 1170. The summed E-state index contributed by atoms with van der Waals surface area (Å²) in [7, 11) is 1.66. The largest absolute Gasteiger partial charge is 0.497 e. The molecule has 3 aromatic rings. The molecule has 0 bridgehead atoms. The highest BCUT2D eigenvalue weighted by Crippen LogP contribution is 2.44. The normalized spacial score (nSPS) is 16.5. The number of carbonyl (C=O) groups excluding carboxylic acids is 1. The topological polar surface area (TPSA) is 60.9 Å². The van der Waals surface area contributed by atoms with Gasteiger partial charge in [0.2, 0.25) is 5.78 Å². The van der Waals surface area contributed by atoms with Gasteiger partial charge in [0.05, 0.1) is 18.2 Å². The van der Waals surface area contributed by atoms with Gasteiger partial charge < -0.3 is 14.2 Å². The van der Waals surface area contributed by atoms with Crippen LogP contribution in [0.2, 0.25) is 0 Å². The highest BCUT2D eigenvalue weighted by atomic mass is 16.5. The minimum absolute atomic E-state index is 0.0978. The number of Topliss-reactive ketones (excluding diaryl/α,β-unsaturated/α-hetero) is 1. The standard InChI is InChI=1S/C25H22N2O4/c1-16-11-21-20(14-27(15-30-21)13-18-3-5-19(29-2)6-4-18)25-23(16)24(28)22(31-25)12-17-7-9-26-10-8-17/h3-12H,13-15H2,1-2H3/b22-12-. The van der Waals surface area contributed by atoms with Crippen molar-refractivity contribution in [3.8, 4) is 17.2 Å². The van der Waals surface area contributed by atoms with Gasteiger partial charge in [-0.3, -0.25) is 14.7 Å². The minimum Gasteiger partial charge on any atom is -0.497 e. The Morgan fingerprint density at radius 1 is 1.16 bits per heavy atom. The van der Waals surface area contributed by atoms with Crippen molar-refractivity contribution in [2.75, 3.05) is 13.8 Å². The van der Waals surface area contributed by atoms with Crippen molar-refractivity contribution in [2.24, 2.45) is 0 Å². The third-order valence-electron chi connectivity index (χ3n) is 5.56. The third-order valence-corrected chi connectivity index (χ3v) is 5.56. The van der Waals surface area contributed by atoms with Crippen LogP contribution in [0.3, 0.4) is 0 Å². The van der Waals surface area contributed by atoms with Gasteiger partial charge in [0.1, 0.15) is 24.0 Å². The van der Waals surface area contributed by atoms with Gasteiger partial charge in [0, 0.05) is 25.5 Å². The van der Waals surface area contributed by atoms with Gasteiger partial charge in [-0.2, -0.15) is 0 Å². The summed E-state index contributed by atoms with van der Waals surface area (Å²) in [5.74, 6) is 2.45. The van der Waals surface area contributed by atoms with Crippen LogP contribution in [0.1, 0.15) is 32.6 Å². The highest BCUT2D eigenvalue weighted by Gasteiger charge is 2.35. The first kappa shape index (κ1) is 19.3. The lowest BCUT2D eigenvalue weighted by Crippen LogP contribution is -2.31. The number of aryl methyl sites for hydroxylation is 1. The third kappa shape index (κ3) is 3.66. The fraction of sp³-hybridized carbons (Fsp3) is 0.200. The molecule has 5 rings (SSSR count). The van der Waals surface area contributed by atoms with Crippen molar-refractivity contribution < 1.29 is 19.0 Å². The molecule has 0 radical (unpaired) electrons. The number of nitrogens with zero attached hydrogens (tertiary/aromatic N) is 2. The molecule has 0 fully saturated rings. The average molecular weight is 414 g/mol. The van der Waals surface area contributed by atoms with Gasteiger partial charge in [-0.25, -0.2) is 0 Å². The van der Waals surface area contributed by atoms with Crippen LogP contribution in [0.5, 0.6) is 17.2 Å². The Morgan fingerprint density at radius 2 is 1.94 bits per heavy atom. The van der Waals surface area contributed by atoms with Crippen LogP contribution in [0, 0.1) is 6.92 Å². The van der Waals surface area contributed by atoms with E-state index in [4.69, 9.17) is 14.2 Å². The van der Waals surface area contributed by atoms with Gasteiger partial charge >= 0.3 is 0 Å². The fourth-order valence-corrected chi connectivity index (χ4v) is 3.98. The second-order valence-electron chi connectivity index (χ2n) is 7.70. The van der Waals surface area contributed by atoms with Gasteiger partial charge in [-0.1, -0.05) is 12.1 Å². The maximum absolute atomic E-state index is 13.1. The number of fused-ring (bicyclic) bond motifs is 3. The van der Waals surface area contributed by atoms with E-state index in [0.29, 0.717) is 30.3 Å². The van der Waals surface area contributed by atoms with Crippen LogP contribution in [-0.4, -0.2) is 29.5 Å². The second kappa shape index (κ2) is 7.89. The molecular weight excluding hydrogens is 392 g/mol. The zero-order valence-corrected chi connectivity index (χ0v) is 17.4. The van der Waals surface area contributed by atoms with E-state index in [1.165, 1.54) is 0 Å². The van der Waals surface area contributed by atoms with Gasteiger partial charge in [0.25, 0.3) is 0 Å². The first-order valence-corrected chi connectivity index (χ1v) is 10.1. The molecule has 0 amide bonds. The summed E-state index contributed by atoms with van der Waals surface area (Å²) in [5, 5.41) is 0. The smallest absolute Gasteiger partial charge is 0.232 e. The number of carbonyl (C=O) groups is 1. The van der Waals surface area contributed by atoms with Crippen molar-refractivity contribution in [1.82, 2.24) is 9.88 Å². The minimum atomic E-state index is -0.0978. The molecule has 0 unspecified atom stereocenters. The highest BCUT2D eigenvalue weighted by molar-refractivity contribution is 6.15. The molecule has 31 heavy (non-hydrogen) atoms. The Morgan fingerprint density at radius 3 is 2.68 bits per heavy atom. The van der Waals surface area contributed by atoms with E-state index >= 15 is 0 Å². The van der Waals surface area contributed by atoms with Crippen LogP contribution in [0.25, 0.3) is 6.08 Å². The fourth-order valence-electron chi connectivity index (χ4n) is 3.98. The lowest BCUT2D eigenvalue weighted by Gasteiger charge is -2.30. The van der Waals surface area contributed by atoms with Crippen molar-refractivity contribution >= 4 is 11.9 Å². The Balaban J connectivity index is 1.43. The van der Waals surface area contributed by atoms with Gasteiger partial charge in [-0.05, 0) is 60.0 Å². The molecule has 0 atom stereocenters.